The summed E-state index contributed by atoms with van der Waals surface area (Å²) >= 11 is 5.89. The maximum atomic E-state index is 12.5. The number of nitrogens with zero attached hydrogens (tertiary/aromatic N) is 1. The molecule has 2 rings (SSSR count). The molecular weight excluding hydrogens is 334 g/mol. The van der Waals surface area contributed by atoms with E-state index in [1.807, 2.05) is 12.1 Å². The summed E-state index contributed by atoms with van der Waals surface area (Å²) in [4.78, 5) is 25.1. The Kier molecular flexibility index (Phi) is 5.72. The summed E-state index contributed by atoms with van der Waals surface area (Å²) in [6.07, 6.45) is -1.04. The minimum absolute atomic E-state index is 0.0392. The molecule has 0 aliphatic carbocycles. The molecule has 0 unspecified atom stereocenters. The number of carboxylic acids is 1. The van der Waals surface area contributed by atoms with E-state index >= 15 is 0 Å². The van der Waals surface area contributed by atoms with Crippen LogP contribution in [0.3, 0.4) is 0 Å². The predicted molar refractivity (Wildman–Crippen MR) is 89.3 cm³/mol. The molecule has 1 amide bonds. The highest BCUT2D eigenvalue weighted by atomic mass is 35.5. The zero-order chi connectivity index (χ0) is 17.9. The lowest BCUT2D eigenvalue weighted by Crippen LogP contribution is -2.56. The molecule has 6 nitrogen and oxygen atoms in total. The van der Waals surface area contributed by atoms with Crippen LogP contribution in [0.1, 0.15) is 26.3 Å². The first-order chi connectivity index (χ1) is 11.2. The summed E-state index contributed by atoms with van der Waals surface area (Å²) in [5.74, 6) is -1.09. The van der Waals surface area contributed by atoms with E-state index in [4.69, 9.17) is 26.2 Å². The van der Waals surface area contributed by atoms with Crippen LogP contribution < -0.4 is 0 Å². The van der Waals surface area contributed by atoms with Gasteiger partial charge >= 0.3 is 12.1 Å². The van der Waals surface area contributed by atoms with Gasteiger partial charge in [0.2, 0.25) is 0 Å². The van der Waals surface area contributed by atoms with Crippen LogP contribution in [0, 0.1) is 0 Å². The van der Waals surface area contributed by atoms with Gasteiger partial charge in [-0.25, -0.2) is 9.59 Å². The van der Waals surface area contributed by atoms with Gasteiger partial charge < -0.3 is 14.6 Å². The zero-order valence-electron chi connectivity index (χ0n) is 14.0. The van der Waals surface area contributed by atoms with Gasteiger partial charge in [-0.3, -0.25) is 4.90 Å². The summed E-state index contributed by atoms with van der Waals surface area (Å²) in [7, 11) is 0. The normalized spacial score (nSPS) is 21.4. The van der Waals surface area contributed by atoms with Gasteiger partial charge in [-0.1, -0.05) is 23.7 Å². The van der Waals surface area contributed by atoms with Gasteiger partial charge in [0.05, 0.1) is 19.2 Å². The topological polar surface area (TPSA) is 76.1 Å². The van der Waals surface area contributed by atoms with Crippen LogP contribution in [-0.4, -0.2) is 53.0 Å². The molecule has 1 aliphatic heterocycles. The maximum absolute atomic E-state index is 12.5. The number of morpholine rings is 1. The van der Waals surface area contributed by atoms with Crippen LogP contribution in [0.4, 0.5) is 4.79 Å². The fourth-order valence-electron chi connectivity index (χ4n) is 2.45. The standard InChI is InChI=1S/C17H22ClNO5/c1-17(2,3)24-16(22)19-9-14(15(20)21)23-10-13(19)8-11-4-6-12(18)7-5-11/h4-7,13-14H,8-10H2,1-3H3,(H,20,21)/t13-,14+/m0/s1. The molecule has 0 spiro atoms. The number of amides is 1. The Morgan fingerprint density at radius 1 is 1.33 bits per heavy atom. The summed E-state index contributed by atoms with van der Waals surface area (Å²) in [6, 6.07) is 7.01. The first kappa shape index (κ1) is 18.5. The molecular formula is C17H22ClNO5. The largest absolute Gasteiger partial charge is 0.479 e. The maximum Gasteiger partial charge on any atom is 0.410 e. The molecule has 1 aliphatic rings. The minimum atomic E-state index is -1.09. The van der Waals surface area contributed by atoms with Crippen LogP contribution >= 0.6 is 11.6 Å². The molecule has 132 valence electrons. The number of halogens is 1. The Morgan fingerprint density at radius 3 is 2.50 bits per heavy atom. The zero-order valence-corrected chi connectivity index (χ0v) is 14.7. The number of benzene rings is 1. The van der Waals surface area contributed by atoms with E-state index < -0.39 is 23.8 Å². The van der Waals surface area contributed by atoms with Crippen LogP contribution in [0.25, 0.3) is 0 Å². The highest BCUT2D eigenvalue weighted by molar-refractivity contribution is 6.30. The molecule has 0 bridgehead atoms. The van der Waals surface area contributed by atoms with Crippen molar-refractivity contribution in [1.82, 2.24) is 4.90 Å². The number of carbonyl (C=O) groups is 2. The second-order valence-corrected chi connectivity index (χ2v) is 7.21. The first-order valence-corrected chi connectivity index (χ1v) is 8.12. The van der Waals surface area contributed by atoms with Gasteiger partial charge in [0.15, 0.2) is 6.10 Å². The van der Waals surface area contributed by atoms with Gasteiger partial charge in [0, 0.05) is 5.02 Å². The van der Waals surface area contributed by atoms with Gasteiger partial charge in [0.1, 0.15) is 5.60 Å². The molecule has 1 aromatic carbocycles. The Morgan fingerprint density at radius 2 is 1.96 bits per heavy atom. The molecule has 0 radical (unpaired) electrons. The number of aliphatic carboxylic acids is 1. The minimum Gasteiger partial charge on any atom is -0.479 e. The number of ether oxygens (including phenoxy) is 2. The van der Waals surface area contributed by atoms with Crippen LogP contribution in [0.5, 0.6) is 0 Å². The monoisotopic (exact) mass is 355 g/mol. The van der Waals surface area contributed by atoms with E-state index in [1.165, 1.54) is 4.90 Å². The molecule has 0 aromatic heterocycles. The Bertz CT molecular complexity index is 596. The van der Waals surface area contributed by atoms with Crippen molar-refractivity contribution in [3.63, 3.8) is 0 Å². The van der Waals surface area contributed by atoms with Crippen molar-refractivity contribution in [1.29, 1.82) is 0 Å². The lowest BCUT2D eigenvalue weighted by molar-refractivity contribution is -0.158. The number of hydrogen-bond donors (Lipinski definition) is 1. The summed E-state index contributed by atoms with van der Waals surface area (Å²) < 4.78 is 10.8. The molecule has 7 heteroatoms. The molecule has 1 saturated heterocycles. The predicted octanol–water partition coefficient (Wildman–Crippen LogP) is 2.97. The fraction of sp³-hybridized carbons (Fsp3) is 0.529. The average Bonchev–Trinajstić information content (AvgIpc) is 2.48. The number of rotatable bonds is 3. The Labute approximate surface area is 146 Å². The van der Waals surface area contributed by atoms with E-state index in [0.29, 0.717) is 11.4 Å². The molecule has 24 heavy (non-hydrogen) atoms. The van der Waals surface area contributed by atoms with Crippen molar-refractivity contribution in [3.8, 4) is 0 Å². The fourth-order valence-corrected chi connectivity index (χ4v) is 2.58. The van der Waals surface area contributed by atoms with Gasteiger partial charge in [-0.2, -0.15) is 0 Å². The Balaban J connectivity index is 2.15. The van der Waals surface area contributed by atoms with E-state index in [2.05, 4.69) is 0 Å². The Hall–Kier alpha value is -1.79. The molecule has 0 saturated carbocycles. The lowest BCUT2D eigenvalue weighted by Gasteiger charge is -2.39. The summed E-state index contributed by atoms with van der Waals surface area (Å²) in [6.45, 7) is 5.41. The molecule has 1 heterocycles. The SMILES string of the molecule is CC(C)(C)OC(=O)N1C[C@H](C(=O)O)OC[C@@H]1Cc1ccc(Cl)cc1. The molecule has 1 fully saturated rings. The van der Waals surface area contributed by atoms with Gasteiger partial charge in [0.25, 0.3) is 0 Å². The third-order valence-electron chi connectivity index (χ3n) is 3.58. The van der Waals surface area contributed by atoms with Crippen LogP contribution in [-0.2, 0) is 20.7 Å². The van der Waals surface area contributed by atoms with Crippen molar-refractivity contribution < 1.29 is 24.2 Å². The van der Waals surface area contributed by atoms with Crippen molar-refractivity contribution in [2.24, 2.45) is 0 Å². The second-order valence-electron chi connectivity index (χ2n) is 6.78. The van der Waals surface area contributed by atoms with Crippen LogP contribution in [0.15, 0.2) is 24.3 Å². The molecule has 2 atom stereocenters. The van der Waals surface area contributed by atoms with Crippen molar-refractivity contribution in [3.05, 3.63) is 34.9 Å². The van der Waals surface area contributed by atoms with E-state index in [0.717, 1.165) is 5.56 Å². The van der Waals surface area contributed by atoms with E-state index in [1.54, 1.807) is 32.9 Å². The number of hydrogen-bond acceptors (Lipinski definition) is 4. The summed E-state index contributed by atoms with van der Waals surface area (Å²) in [5, 5.41) is 9.79. The van der Waals surface area contributed by atoms with Gasteiger partial charge in [-0.15, -0.1) is 0 Å². The highest BCUT2D eigenvalue weighted by Gasteiger charge is 2.37. The number of carboxylic acid groups (broad SMARTS) is 1. The molecule has 1 N–H and O–H groups in total. The van der Waals surface area contributed by atoms with Crippen LogP contribution in [0.2, 0.25) is 5.02 Å². The number of carbonyl (C=O) groups excluding carboxylic acids is 1. The second kappa shape index (κ2) is 7.40. The lowest BCUT2D eigenvalue weighted by atomic mass is 10.0. The third kappa shape index (κ3) is 5.11. The third-order valence-corrected chi connectivity index (χ3v) is 3.83. The van der Waals surface area contributed by atoms with Crippen molar-refractivity contribution in [2.75, 3.05) is 13.2 Å². The first-order valence-electron chi connectivity index (χ1n) is 7.74. The van der Waals surface area contributed by atoms with Gasteiger partial charge in [-0.05, 0) is 44.9 Å². The molecule has 1 aromatic rings. The smallest absolute Gasteiger partial charge is 0.410 e. The van der Waals surface area contributed by atoms with Crippen molar-refractivity contribution >= 4 is 23.7 Å². The van der Waals surface area contributed by atoms with E-state index in [9.17, 15) is 9.59 Å². The average molecular weight is 356 g/mol. The van der Waals surface area contributed by atoms with E-state index in [-0.39, 0.29) is 19.2 Å². The van der Waals surface area contributed by atoms with Crippen molar-refractivity contribution in [2.45, 2.75) is 44.9 Å². The highest BCUT2D eigenvalue weighted by Crippen LogP contribution is 2.21. The summed E-state index contributed by atoms with van der Waals surface area (Å²) in [5.41, 5.74) is 0.328. The quantitative estimate of drug-likeness (QED) is 0.902.